The summed E-state index contributed by atoms with van der Waals surface area (Å²) < 4.78 is 7.19. The molecule has 3 fully saturated rings. The molecule has 3 aromatic rings. The molecule has 1 spiro atoms. The number of anilines is 1. The zero-order chi connectivity index (χ0) is 27.9. The summed E-state index contributed by atoms with van der Waals surface area (Å²) in [6.45, 7) is 5.93. The van der Waals surface area contributed by atoms with Crippen LogP contribution in [0.4, 0.5) is 5.82 Å². The molecule has 0 unspecified atom stereocenters. The van der Waals surface area contributed by atoms with Gasteiger partial charge in [-0.25, -0.2) is 15.0 Å². The van der Waals surface area contributed by atoms with Crippen molar-refractivity contribution in [1.82, 2.24) is 24.4 Å². The van der Waals surface area contributed by atoms with E-state index in [0.717, 1.165) is 70.7 Å². The summed E-state index contributed by atoms with van der Waals surface area (Å²) in [4.78, 5) is 44.5. The highest BCUT2D eigenvalue weighted by Gasteiger charge is 2.47. The Morgan fingerprint density at radius 1 is 1.12 bits per heavy atom. The lowest BCUT2D eigenvalue weighted by atomic mass is 9.73. The molecule has 1 amide bonds. The zero-order valence-corrected chi connectivity index (χ0v) is 24.2. The number of amides is 1. The van der Waals surface area contributed by atoms with E-state index in [4.69, 9.17) is 22.1 Å². The van der Waals surface area contributed by atoms with Crippen molar-refractivity contribution in [3.05, 3.63) is 46.2 Å². The van der Waals surface area contributed by atoms with Gasteiger partial charge in [-0.3, -0.25) is 14.2 Å². The minimum Gasteiger partial charge on any atom is -0.376 e. The lowest BCUT2D eigenvalue weighted by Crippen LogP contribution is -2.50. The van der Waals surface area contributed by atoms with Gasteiger partial charge in [0.2, 0.25) is 5.91 Å². The number of nitrogens with zero attached hydrogens (tertiary/aromatic N) is 6. The Morgan fingerprint density at radius 3 is 2.58 bits per heavy atom. The van der Waals surface area contributed by atoms with Crippen LogP contribution in [0.2, 0.25) is 5.02 Å². The summed E-state index contributed by atoms with van der Waals surface area (Å²) in [7, 11) is 0. The highest BCUT2D eigenvalue weighted by Crippen LogP contribution is 2.42. The molecule has 0 bridgehead atoms. The largest absolute Gasteiger partial charge is 0.376 e. The van der Waals surface area contributed by atoms with E-state index in [1.807, 2.05) is 11.0 Å². The fourth-order valence-electron chi connectivity index (χ4n) is 6.06. The van der Waals surface area contributed by atoms with Crippen LogP contribution in [0.25, 0.3) is 10.9 Å². The van der Waals surface area contributed by atoms with Gasteiger partial charge in [0.25, 0.3) is 5.56 Å². The van der Waals surface area contributed by atoms with Crippen LogP contribution in [-0.4, -0.2) is 75.3 Å². The van der Waals surface area contributed by atoms with E-state index >= 15 is 0 Å². The van der Waals surface area contributed by atoms with Gasteiger partial charge < -0.3 is 20.3 Å². The summed E-state index contributed by atoms with van der Waals surface area (Å²) in [5, 5.41) is 1.27. The Morgan fingerprint density at radius 2 is 1.90 bits per heavy atom. The van der Waals surface area contributed by atoms with Gasteiger partial charge in [0.1, 0.15) is 17.4 Å². The normalized spacial score (nSPS) is 22.8. The van der Waals surface area contributed by atoms with Gasteiger partial charge >= 0.3 is 0 Å². The average molecular weight is 584 g/mol. The number of benzene rings is 1. The number of carbonyl (C=O) groups excluding carboxylic acids is 1. The molecule has 0 radical (unpaired) electrons. The fourth-order valence-corrected chi connectivity index (χ4v) is 7.18. The Balaban J connectivity index is 1.15. The monoisotopic (exact) mass is 583 g/mol. The number of ether oxygens (including phenoxy) is 1. The second-order valence-corrected chi connectivity index (χ2v) is 12.5. The van der Waals surface area contributed by atoms with E-state index in [0.29, 0.717) is 25.8 Å². The van der Waals surface area contributed by atoms with Crippen molar-refractivity contribution in [2.45, 2.75) is 67.6 Å². The first kappa shape index (κ1) is 27.4. The third-order valence-electron chi connectivity index (χ3n) is 8.67. The van der Waals surface area contributed by atoms with Crippen molar-refractivity contribution >= 4 is 46.0 Å². The van der Waals surface area contributed by atoms with Gasteiger partial charge in [0, 0.05) is 42.5 Å². The van der Waals surface area contributed by atoms with Gasteiger partial charge in [-0.2, -0.15) is 0 Å². The van der Waals surface area contributed by atoms with Crippen molar-refractivity contribution in [3.8, 4) is 0 Å². The third kappa shape index (κ3) is 5.20. The van der Waals surface area contributed by atoms with E-state index in [1.54, 1.807) is 18.5 Å². The lowest BCUT2D eigenvalue weighted by Gasteiger charge is -2.41. The number of aromatic nitrogens is 4. The van der Waals surface area contributed by atoms with Crippen molar-refractivity contribution in [3.63, 3.8) is 0 Å². The molecule has 0 aliphatic carbocycles. The van der Waals surface area contributed by atoms with Crippen LogP contribution in [0.3, 0.4) is 0 Å². The van der Waals surface area contributed by atoms with Crippen molar-refractivity contribution in [1.29, 1.82) is 0 Å². The molecule has 0 saturated carbocycles. The molecule has 5 heterocycles. The van der Waals surface area contributed by atoms with Crippen LogP contribution in [0.15, 0.2) is 45.6 Å². The van der Waals surface area contributed by atoms with Crippen LogP contribution in [-0.2, 0) is 16.1 Å². The maximum Gasteiger partial charge on any atom is 0.263 e. The molecule has 40 heavy (non-hydrogen) atoms. The van der Waals surface area contributed by atoms with Crippen molar-refractivity contribution < 1.29 is 9.53 Å². The Kier molecular flexibility index (Phi) is 7.73. The summed E-state index contributed by atoms with van der Waals surface area (Å²) in [5.41, 5.74) is 6.68. The predicted molar refractivity (Wildman–Crippen MR) is 155 cm³/mol. The number of hydrogen-bond acceptors (Lipinski definition) is 9. The van der Waals surface area contributed by atoms with E-state index in [9.17, 15) is 9.59 Å². The second-order valence-electron chi connectivity index (χ2n) is 11.1. The van der Waals surface area contributed by atoms with Crippen molar-refractivity contribution in [2.75, 3.05) is 37.7 Å². The van der Waals surface area contributed by atoms with E-state index in [-0.39, 0.29) is 35.6 Å². The maximum atomic E-state index is 13.3. The number of halogens is 1. The molecule has 12 heteroatoms. The van der Waals surface area contributed by atoms with Gasteiger partial charge in [0.15, 0.2) is 0 Å². The minimum atomic E-state index is -0.325. The predicted octanol–water partition coefficient (Wildman–Crippen LogP) is 3.34. The smallest absolute Gasteiger partial charge is 0.263 e. The Bertz CT molecular complexity index is 1450. The van der Waals surface area contributed by atoms with Crippen LogP contribution in [0.1, 0.15) is 39.0 Å². The van der Waals surface area contributed by atoms with Gasteiger partial charge in [-0.05, 0) is 51.2 Å². The number of hydrogen-bond donors (Lipinski definition) is 1. The summed E-state index contributed by atoms with van der Waals surface area (Å²) in [6, 6.07) is 3.67. The minimum absolute atomic E-state index is 0.0436. The molecule has 3 aliphatic rings. The molecule has 2 atom stereocenters. The molecule has 2 N–H and O–H groups in total. The maximum absolute atomic E-state index is 13.3. The van der Waals surface area contributed by atoms with Gasteiger partial charge in [-0.15, -0.1) is 0 Å². The third-order valence-corrected chi connectivity index (χ3v) is 10.2. The highest BCUT2D eigenvalue weighted by molar-refractivity contribution is 7.99. The number of carbonyl (C=O) groups is 1. The summed E-state index contributed by atoms with van der Waals surface area (Å²) >= 11 is 8.09. The summed E-state index contributed by atoms with van der Waals surface area (Å²) in [5.74, 6) is 0.757. The molecule has 10 nitrogen and oxygen atoms in total. The number of likely N-dealkylation sites (tertiary alicyclic amines) is 1. The number of fused-ring (bicyclic) bond motifs is 1. The molecule has 3 aliphatic heterocycles. The first-order valence-corrected chi connectivity index (χ1v) is 15.1. The molecule has 6 rings (SSSR count). The van der Waals surface area contributed by atoms with E-state index in [2.05, 4.69) is 26.8 Å². The highest BCUT2D eigenvalue weighted by atomic mass is 35.5. The molecule has 2 aromatic heterocycles. The van der Waals surface area contributed by atoms with E-state index < -0.39 is 0 Å². The molecule has 1 aromatic carbocycles. The van der Waals surface area contributed by atoms with Crippen molar-refractivity contribution in [2.24, 2.45) is 11.1 Å². The van der Waals surface area contributed by atoms with Crippen LogP contribution < -0.4 is 16.2 Å². The molecular formula is C28H34ClN7O3S. The number of nitrogens with two attached hydrogens (primary N) is 1. The zero-order valence-electron chi connectivity index (χ0n) is 22.6. The van der Waals surface area contributed by atoms with Crippen LogP contribution in [0.5, 0.6) is 0 Å². The fraction of sp³-hybridized carbons (Fsp3) is 0.536. The quantitative estimate of drug-likeness (QED) is 0.482. The molecule has 3 saturated heterocycles. The second kappa shape index (κ2) is 11.3. The standard InChI is InChI=1S/C28H34ClN7O3S/c1-18-26(30)28(16-39-18)7-11-34(12-8-28)21-13-32-22(14-31-21)40-20-6-5-19-24(25(20)29)27(38)36(17-33-19)15-23(37)35-9-3-2-4-10-35/h5-6,13-14,17-18,26H,2-4,7-12,15-16,30H2,1H3/t18-,26+/m0/s1. The lowest BCUT2D eigenvalue weighted by molar-refractivity contribution is -0.132. The Labute approximate surface area is 242 Å². The van der Waals surface area contributed by atoms with Gasteiger partial charge in [-0.1, -0.05) is 23.4 Å². The Hall–Kier alpha value is -2.73. The van der Waals surface area contributed by atoms with Gasteiger partial charge in [0.05, 0.1) is 47.4 Å². The molecule has 212 valence electrons. The first-order valence-electron chi connectivity index (χ1n) is 13.9. The molecular weight excluding hydrogens is 550 g/mol. The SMILES string of the molecule is C[C@@H]1OCC2(CCN(c3cnc(Sc4ccc5ncn(CC(=O)N6CCCCC6)c(=O)c5c4Cl)cn3)CC2)[C@@H]1N. The first-order chi connectivity index (χ1) is 19.3. The number of rotatable bonds is 5. The topological polar surface area (TPSA) is 119 Å². The average Bonchev–Trinajstić information content (AvgIpc) is 3.25. The van der Waals surface area contributed by atoms with E-state index in [1.165, 1.54) is 22.7 Å². The van der Waals surface area contributed by atoms with Crippen LogP contribution in [0, 0.1) is 5.41 Å². The number of piperidine rings is 2. The van der Waals surface area contributed by atoms with Crippen LogP contribution >= 0.6 is 23.4 Å². The summed E-state index contributed by atoms with van der Waals surface area (Å²) in [6.07, 6.45) is 10.1.